The van der Waals surface area contributed by atoms with Crippen LogP contribution in [0, 0.1) is 13.8 Å². The second kappa shape index (κ2) is 5.73. The second-order valence-corrected chi connectivity index (χ2v) is 6.64. The van der Waals surface area contributed by atoms with Crippen molar-refractivity contribution in [3.8, 4) is 0 Å². The van der Waals surface area contributed by atoms with Crippen LogP contribution in [-0.2, 0) is 6.54 Å². The van der Waals surface area contributed by atoms with E-state index in [2.05, 4.69) is 21.8 Å². The largest absolute Gasteiger partial charge is 0.370 e. The normalized spacial score (nSPS) is 17.5. The number of thiazole rings is 1. The maximum atomic E-state index is 6.00. The average molecular weight is 270 g/mol. The molecule has 0 bridgehead atoms. The Morgan fingerprint density at radius 1 is 1.41 bits per heavy atom. The zero-order chi connectivity index (χ0) is 12.3. The highest BCUT2D eigenvalue weighted by atomic mass is 32.2. The van der Waals surface area contributed by atoms with Gasteiger partial charge in [-0.1, -0.05) is 0 Å². The number of nitrogens with two attached hydrogens (primary N) is 1. The molecule has 17 heavy (non-hydrogen) atoms. The Morgan fingerprint density at radius 2 is 2.12 bits per heavy atom. The summed E-state index contributed by atoms with van der Waals surface area (Å²) in [6, 6.07) is 0. The number of rotatable bonds is 2. The first-order valence-corrected chi connectivity index (χ1v) is 7.69. The molecule has 1 aromatic heterocycles. The third-order valence-electron chi connectivity index (χ3n) is 2.73. The molecule has 0 amide bonds. The minimum absolute atomic E-state index is 0.603. The van der Waals surface area contributed by atoms with Crippen LogP contribution in [0.2, 0.25) is 0 Å². The highest BCUT2D eigenvalue weighted by Gasteiger charge is 2.12. The topological polar surface area (TPSA) is 54.5 Å². The van der Waals surface area contributed by atoms with Gasteiger partial charge in [-0.2, -0.15) is 11.8 Å². The fourth-order valence-corrected chi connectivity index (χ4v) is 3.50. The van der Waals surface area contributed by atoms with Crippen LogP contribution in [0.3, 0.4) is 0 Å². The van der Waals surface area contributed by atoms with E-state index < -0.39 is 0 Å². The quantitative estimate of drug-likeness (QED) is 0.655. The van der Waals surface area contributed by atoms with Crippen molar-refractivity contribution in [3.05, 3.63) is 15.6 Å². The van der Waals surface area contributed by atoms with E-state index in [1.165, 1.54) is 4.88 Å². The standard InChI is InChI=1S/C11H18N4S2/c1-8-10(14-9(2)17-8)7-13-11(12)15-3-5-16-6-4-15/h3-7H2,1-2H3,(H2,12,13). The highest BCUT2D eigenvalue weighted by Crippen LogP contribution is 2.17. The second-order valence-electron chi connectivity index (χ2n) is 4.01. The number of thioether (sulfide) groups is 1. The van der Waals surface area contributed by atoms with Crippen molar-refractivity contribution in [2.75, 3.05) is 24.6 Å². The number of hydrogen-bond acceptors (Lipinski definition) is 4. The maximum Gasteiger partial charge on any atom is 0.191 e. The number of aromatic nitrogens is 1. The van der Waals surface area contributed by atoms with Gasteiger partial charge in [-0.15, -0.1) is 11.3 Å². The van der Waals surface area contributed by atoms with Crippen molar-refractivity contribution in [1.82, 2.24) is 9.88 Å². The summed E-state index contributed by atoms with van der Waals surface area (Å²) in [5.41, 5.74) is 7.05. The lowest BCUT2D eigenvalue weighted by Gasteiger charge is -2.27. The van der Waals surface area contributed by atoms with Gasteiger partial charge >= 0.3 is 0 Å². The minimum atomic E-state index is 0.603. The zero-order valence-corrected chi connectivity index (χ0v) is 11.9. The van der Waals surface area contributed by atoms with Crippen LogP contribution >= 0.6 is 23.1 Å². The van der Waals surface area contributed by atoms with Gasteiger partial charge in [0.15, 0.2) is 5.96 Å². The predicted molar refractivity (Wildman–Crippen MR) is 75.8 cm³/mol. The number of hydrogen-bond donors (Lipinski definition) is 1. The third kappa shape index (κ3) is 3.35. The highest BCUT2D eigenvalue weighted by molar-refractivity contribution is 7.99. The molecule has 4 nitrogen and oxygen atoms in total. The fourth-order valence-electron chi connectivity index (χ4n) is 1.77. The Labute approximate surface area is 110 Å². The van der Waals surface area contributed by atoms with E-state index >= 15 is 0 Å². The lowest BCUT2D eigenvalue weighted by molar-refractivity contribution is 0.455. The van der Waals surface area contributed by atoms with E-state index in [-0.39, 0.29) is 0 Å². The van der Waals surface area contributed by atoms with Crippen molar-refractivity contribution in [2.24, 2.45) is 10.7 Å². The molecule has 0 aromatic carbocycles. The van der Waals surface area contributed by atoms with Gasteiger partial charge in [0.2, 0.25) is 0 Å². The molecule has 1 aliphatic heterocycles. The molecule has 94 valence electrons. The molecule has 1 aliphatic rings. The Morgan fingerprint density at radius 3 is 2.71 bits per heavy atom. The van der Waals surface area contributed by atoms with Crippen LogP contribution in [0.1, 0.15) is 15.6 Å². The smallest absolute Gasteiger partial charge is 0.191 e. The summed E-state index contributed by atoms with van der Waals surface area (Å²) in [6.45, 7) is 6.73. The number of nitrogens with zero attached hydrogens (tertiary/aromatic N) is 3. The van der Waals surface area contributed by atoms with Crippen molar-refractivity contribution in [2.45, 2.75) is 20.4 Å². The zero-order valence-electron chi connectivity index (χ0n) is 10.3. The molecule has 2 heterocycles. The lowest BCUT2D eigenvalue weighted by atomic mass is 10.4. The van der Waals surface area contributed by atoms with Crippen molar-refractivity contribution >= 4 is 29.1 Å². The molecule has 0 unspecified atom stereocenters. The Hall–Kier alpha value is -0.750. The molecule has 2 rings (SSSR count). The minimum Gasteiger partial charge on any atom is -0.370 e. The van der Waals surface area contributed by atoms with E-state index in [1.807, 2.05) is 18.7 Å². The number of guanidine groups is 1. The van der Waals surface area contributed by atoms with E-state index in [0.29, 0.717) is 12.5 Å². The molecule has 2 N–H and O–H groups in total. The van der Waals surface area contributed by atoms with Crippen molar-refractivity contribution in [3.63, 3.8) is 0 Å². The first-order chi connectivity index (χ1) is 8.16. The fraction of sp³-hybridized carbons (Fsp3) is 0.636. The Kier molecular flexibility index (Phi) is 4.28. The van der Waals surface area contributed by atoms with Crippen LogP contribution in [0.4, 0.5) is 0 Å². The van der Waals surface area contributed by atoms with Crippen LogP contribution in [0.5, 0.6) is 0 Å². The molecule has 0 saturated carbocycles. The van der Waals surface area contributed by atoms with E-state index in [9.17, 15) is 0 Å². The molecule has 0 aliphatic carbocycles. The van der Waals surface area contributed by atoms with Gasteiger partial charge in [-0.05, 0) is 13.8 Å². The third-order valence-corrected chi connectivity index (χ3v) is 4.60. The Balaban J connectivity index is 1.97. The van der Waals surface area contributed by atoms with Crippen molar-refractivity contribution < 1.29 is 0 Å². The predicted octanol–water partition coefficient (Wildman–Crippen LogP) is 1.62. The van der Waals surface area contributed by atoms with Gasteiger partial charge in [0.1, 0.15) is 0 Å². The van der Waals surface area contributed by atoms with E-state index in [4.69, 9.17) is 5.73 Å². The van der Waals surface area contributed by atoms with Crippen LogP contribution < -0.4 is 5.73 Å². The molecular formula is C11H18N4S2. The summed E-state index contributed by atoms with van der Waals surface area (Å²) in [7, 11) is 0. The summed E-state index contributed by atoms with van der Waals surface area (Å²) in [4.78, 5) is 12.3. The summed E-state index contributed by atoms with van der Waals surface area (Å²) in [5.74, 6) is 2.95. The van der Waals surface area contributed by atoms with Crippen LogP contribution in [-0.4, -0.2) is 40.4 Å². The Bertz CT molecular complexity index is 408. The molecule has 0 radical (unpaired) electrons. The van der Waals surface area contributed by atoms with E-state index in [0.717, 1.165) is 35.3 Å². The van der Waals surface area contributed by atoms with Crippen molar-refractivity contribution in [1.29, 1.82) is 0 Å². The van der Waals surface area contributed by atoms with Gasteiger partial charge in [-0.3, -0.25) is 0 Å². The first-order valence-electron chi connectivity index (χ1n) is 5.72. The van der Waals surface area contributed by atoms with Gasteiger partial charge in [-0.25, -0.2) is 9.98 Å². The van der Waals surface area contributed by atoms with E-state index in [1.54, 1.807) is 11.3 Å². The summed E-state index contributed by atoms with van der Waals surface area (Å²) in [6.07, 6.45) is 0. The molecule has 1 fully saturated rings. The monoisotopic (exact) mass is 270 g/mol. The molecule has 6 heteroatoms. The average Bonchev–Trinajstić information content (AvgIpc) is 2.66. The molecule has 0 spiro atoms. The maximum absolute atomic E-state index is 6.00. The molecule has 1 aromatic rings. The van der Waals surface area contributed by atoms with Gasteiger partial charge in [0, 0.05) is 29.5 Å². The molecule has 1 saturated heterocycles. The summed E-state index contributed by atoms with van der Waals surface area (Å²) in [5, 5.41) is 1.10. The van der Waals surface area contributed by atoms with Crippen LogP contribution in [0.25, 0.3) is 0 Å². The van der Waals surface area contributed by atoms with Gasteiger partial charge in [0.25, 0.3) is 0 Å². The number of aryl methyl sites for hydroxylation is 2. The molecule has 0 atom stereocenters. The summed E-state index contributed by atoms with van der Waals surface area (Å²) >= 11 is 3.69. The SMILES string of the molecule is Cc1nc(CN=C(N)N2CCSCC2)c(C)s1. The number of aliphatic imine (C=N–C) groups is 1. The van der Waals surface area contributed by atoms with Gasteiger partial charge in [0.05, 0.1) is 17.2 Å². The first kappa shape index (κ1) is 12.7. The molecular weight excluding hydrogens is 252 g/mol. The van der Waals surface area contributed by atoms with Crippen LogP contribution in [0.15, 0.2) is 4.99 Å². The summed E-state index contributed by atoms with van der Waals surface area (Å²) < 4.78 is 0. The van der Waals surface area contributed by atoms with Gasteiger partial charge < -0.3 is 10.6 Å². The lowest BCUT2D eigenvalue weighted by Crippen LogP contribution is -2.42.